The molecule has 4 heterocycles. The Balaban J connectivity index is 1.71. The molecule has 3 N–H and O–H groups in total. The first-order valence-electron chi connectivity index (χ1n) is 9.52. The number of nitrogens with zero attached hydrogens (tertiary/aromatic N) is 2. The van der Waals surface area contributed by atoms with Crippen LogP contribution in [-0.2, 0) is 35.0 Å². The molecule has 9 heteroatoms. The highest BCUT2D eigenvalue weighted by Crippen LogP contribution is 2.49. The monoisotopic (exact) mass is 411 g/mol. The van der Waals surface area contributed by atoms with Crippen LogP contribution in [0.4, 0.5) is 14.5 Å². The van der Waals surface area contributed by atoms with Crippen LogP contribution in [0.15, 0.2) is 23.0 Å². The third-order valence-corrected chi connectivity index (χ3v) is 6.32. The van der Waals surface area contributed by atoms with E-state index in [1.54, 1.807) is 12.1 Å². The van der Waals surface area contributed by atoms with Gasteiger partial charge in [0.2, 0.25) is 0 Å². The molecule has 0 amide bonds. The number of hydrogen-bond donors (Lipinski definition) is 2. The van der Waals surface area contributed by atoms with Gasteiger partial charge in [-0.2, -0.15) is 0 Å². The van der Waals surface area contributed by atoms with E-state index in [-0.39, 0.29) is 53.9 Å². The fraction of sp³-hybridized carbons (Fsp3) is 0.286. The number of hydrogen-bond acceptors (Lipinski definition) is 6. The van der Waals surface area contributed by atoms with Gasteiger partial charge in [0, 0.05) is 34.2 Å². The van der Waals surface area contributed by atoms with Crippen LogP contribution >= 0.6 is 0 Å². The summed E-state index contributed by atoms with van der Waals surface area (Å²) < 4.78 is 36.5. The average molecular weight is 411 g/mol. The molecule has 6 rings (SSSR count). The molecule has 3 aromatic rings. The summed E-state index contributed by atoms with van der Waals surface area (Å²) in [5, 5.41) is 10.5. The molecule has 0 bridgehead atoms. The number of esters is 1. The summed E-state index contributed by atoms with van der Waals surface area (Å²) in [5.41, 5.74) is 8.04. The molecule has 0 radical (unpaired) electrons. The Morgan fingerprint density at radius 2 is 2.03 bits per heavy atom. The van der Waals surface area contributed by atoms with Crippen molar-refractivity contribution in [1.29, 1.82) is 0 Å². The lowest BCUT2D eigenvalue weighted by molar-refractivity contribution is -0.157. The number of cyclic esters (lactones) is 1. The molecule has 30 heavy (non-hydrogen) atoms. The van der Waals surface area contributed by atoms with Gasteiger partial charge in [0.25, 0.3) is 11.5 Å². The Hall–Kier alpha value is -3.33. The molecular weight excluding hydrogens is 396 g/mol. The summed E-state index contributed by atoms with van der Waals surface area (Å²) >= 11 is 0. The SMILES string of the molecule is Nc1ccc2nc3c(c4c2c1CCC4(F)F)Cn1c-3cc2c(c1=O)COC(=O)C2O. The molecule has 0 saturated carbocycles. The summed E-state index contributed by atoms with van der Waals surface area (Å²) in [6.45, 7) is -0.331. The summed E-state index contributed by atoms with van der Waals surface area (Å²) in [6, 6.07) is 4.74. The maximum atomic E-state index is 15.1. The molecule has 0 saturated heterocycles. The van der Waals surface area contributed by atoms with Crippen molar-refractivity contribution in [2.24, 2.45) is 0 Å². The van der Waals surface area contributed by atoms with Crippen molar-refractivity contribution < 1.29 is 23.4 Å². The molecule has 0 fully saturated rings. The highest BCUT2D eigenvalue weighted by molar-refractivity contribution is 5.95. The maximum Gasteiger partial charge on any atom is 0.340 e. The number of halogens is 2. The minimum Gasteiger partial charge on any atom is -0.458 e. The first-order valence-corrected chi connectivity index (χ1v) is 9.52. The highest BCUT2D eigenvalue weighted by atomic mass is 19.3. The second kappa shape index (κ2) is 5.42. The zero-order valence-electron chi connectivity index (χ0n) is 15.5. The van der Waals surface area contributed by atoms with E-state index in [0.717, 1.165) is 0 Å². The molecule has 152 valence electrons. The van der Waals surface area contributed by atoms with Crippen LogP contribution in [0, 0.1) is 0 Å². The molecule has 1 atom stereocenters. The lowest BCUT2D eigenvalue weighted by Gasteiger charge is -2.28. The molecule has 1 aromatic carbocycles. The molecule has 1 aliphatic carbocycles. The van der Waals surface area contributed by atoms with Gasteiger partial charge in [-0.25, -0.2) is 18.6 Å². The largest absolute Gasteiger partial charge is 0.458 e. The topological polar surface area (TPSA) is 107 Å². The third-order valence-electron chi connectivity index (χ3n) is 6.32. The number of fused-ring (bicyclic) bond motifs is 5. The molecular formula is C21H15F2N3O4. The second-order valence-corrected chi connectivity index (χ2v) is 7.91. The molecule has 0 spiro atoms. The Kier molecular flexibility index (Phi) is 3.17. The number of aliphatic hydroxyl groups is 1. The van der Waals surface area contributed by atoms with Crippen LogP contribution in [0.1, 0.15) is 40.3 Å². The van der Waals surface area contributed by atoms with Crippen molar-refractivity contribution in [3.05, 3.63) is 56.4 Å². The quantitative estimate of drug-likeness (QED) is 0.339. The van der Waals surface area contributed by atoms with Crippen molar-refractivity contribution >= 4 is 22.6 Å². The fourth-order valence-corrected chi connectivity index (χ4v) is 4.88. The zero-order chi connectivity index (χ0) is 20.9. The van der Waals surface area contributed by atoms with Crippen LogP contribution < -0.4 is 11.3 Å². The molecule has 1 unspecified atom stereocenters. The minimum absolute atomic E-state index is 0.0665. The Bertz CT molecular complexity index is 1380. The number of anilines is 1. The third kappa shape index (κ3) is 2.02. The van der Waals surface area contributed by atoms with E-state index >= 15 is 8.78 Å². The standard InChI is InChI=1S/C21H15F2N3O4/c22-21(23)4-3-8-12(24)1-2-13-15(8)16(21)10-6-26-14(17(10)25-13)5-9-11(19(26)28)7-30-20(29)18(9)27/h1-2,5,18,27H,3-4,6-7,24H2. The van der Waals surface area contributed by atoms with Gasteiger partial charge in [-0.15, -0.1) is 0 Å². The average Bonchev–Trinajstić information content (AvgIpc) is 3.07. The summed E-state index contributed by atoms with van der Waals surface area (Å²) in [5.74, 6) is -3.94. The number of aliphatic hydroxyl groups excluding tert-OH is 1. The molecule has 2 aliphatic heterocycles. The normalized spacial score (nSPS) is 20.5. The van der Waals surface area contributed by atoms with Gasteiger partial charge in [-0.3, -0.25) is 4.79 Å². The maximum absolute atomic E-state index is 15.1. The predicted octanol–water partition coefficient (Wildman–Crippen LogP) is 2.14. The molecule has 2 aromatic heterocycles. The number of alkyl halides is 2. The van der Waals surface area contributed by atoms with Crippen LogP contribution in [0.3, 0.4) is 0 Å². The van der Waals surface area contributed by atoms with Crippen LogP contribution in [0.5, 0.6) is 0 Å². The van der Waals surface area contributed by atoms with Crippen molar-refractivity contribution in [3.63, 3.8) is 0 Å². The number of carbonyl (C=O) groups is 1. The number of benzene rings is 1. The number of pyridine rings is 2. The zero-order valence-corrected chi connectivity index (χ0v) is 15.5. The van der Waals surface area contributed by atoms with E-state index < -0.39 is 23.6 Å². The van der Waals surface area contributed by atoms with Gasteiger partial charge in [-0.1, -0.05) is 0 Å². The number of aryl methyl sites for hydroxylation is 1. The lowest BCUT2D eigenvalue weighted by Crippen LogP contribution is -2.32. The summed E-state index contributed by atoms with van der Waals surface area (Å²) in [4.78, 5) is 29.4. The summed E-state index contributed by atoms with van der Waals surface area (Å²) in [7, 11) is 0. The number of nitrogen functional groups attached to an aromatic ring is 1. The van der Waals surface area contributed by atoms with Gasteiger partial charge < -0.3 is 20.1 Å². The number of carbonyl (C=O) groups excluding carboxylic acids is 1. The van der Waals surface area contributed by atoms with Crippen molar-refractivity contribution in [3.8, 4) is 11.4 Å². The second-order valence-electron chi connectivity index (χ2n) is 7.91. The van der Waals surface area contributed by atoms with Gasteiger partial charge >= 0.3 is 5.97 Å². The van der Waals surface area contributed by atoms with Gasteiger partial charge in [0.05, 0.1) is 29.0 Å². The van der Waals surface area contributed by atoms with E-state index in [1.807, 2.05) is 0 Å². The number of rotatable bonds is 0. The Morgan fingerprint density at radius 1 is 1.23 bits per heavy atom. The van der Waals surface area contributed by atoms with Crippen molar-refractivity contribution in [2.75, 3.05) is 5.73 Å². The van der Waals surface area contributed by atoms with E-state index in [4.69, 9.17) is 10.5 Å². The van der Waals surface area contributed by atoms with E-state index in [0.29, 0.717) is 27.8 Å². The predicted molar refractivity (Wildman–Crippen MR) is 102 cm³/mol. The Labute approximate surface area is 167 Å². The van der Waals surface area contributed by atoms with Crippen LogP contribution in [-0.4, -0.2) is 20.6 Å². The van der Waals surface area contributed by atoms with Crippen LogP contribution in [0.25, 0.3) is 22.3 Å². The van der Waals surface area contributed by atoms with E-state index in [2.05, 4.69) is 4.98 Å². The summed E-state index contributed by atoms with van der Waals surface area (Å²) in [6.07, 6.45) is -1.82. The van der Waals surface area contributed by atoms with Crippen molar-refractivity contribution in [1.82, 2.24) is 9.55 Å². The van der Waals surface area contributed by atoms with Gasteiger partial charge in [0.15, 0.2) is 6.10 Å². The highest BCUT2D eigenvalue weighted by Gasteiger charge is 2.44. The Morgan fingerprint density at radius 3 is 2.83 bits per heavy atom. The minimum atomic E-state index is -3.09. The van der Waals surface area contributed by atoms with Crippen molar-refractivity contribution in [2.45, 2.75) is 38.0 Å². The first kappa shape index (κ1) is 17.5. The van der Waals surface area contributed by atoms with Crippen LogP contribution in [0.2, 0.25) is 0 Å². The number of nitrogens with two attached hydrogens (primary N) is 1. The smallest absolute Gasteiger partial charge is 0.340 e. The first-order chi connectivity index (χ1) is 14.3. The fourth-order valence-electron chi connectivity index (χ4n) is 4.88. The van der Waals surface area contributed by atoms with E-state index in [9.17, 15) is 14.7 Å². The molecule has 3 aliphatic rings. The van der Waals surface area contributed by atoms with Gasteiger partial charge in [0.1, 0.15) is 6.61 Å². The number of aromatic nitrogens is 2. The lowest BCUT2D eigenvalue weighted by atomic mass is 9.83. The number of ether oxygens (including phenoxy) is 1. The van der Waals surface area contributed by atoms with E-state index in [1.165, 1.54) is 10.6 Å². The van der Waals surface area contributed by atoms with Gasteiger partial charge in [-0.05, 0) is 30.2 Å². The molecule has 7 nitrogen and oxygen atoms in total.